The number of nitrogens with zero attached hydrogens (tertiary/aromatic N) is 5. The van der Waals surface area contributed by atoms with E-state index in [2.05, 4.69) is 30.5 Å². The van der Waals surface area contributed by atoms with Crippen LogP contribution in [0.2, 0.25) is 0 Å². The highest BCUT2D eigenvalue weighted by molar-refractivity contribution is 6.00. The van der Waals surface area contributed by atoms with Crippen molar-refractivity contribution in [2.45, 2.75) is 19.3 Å². The van der Waals surface area contributed by atoms with Crippen molar-refractivity contribution >= 4 is 33.5 Å². The van der Waals surface area contributed by atoms with Crippen LogP contribution in [0.5, 0.6) is 5.75 Å². The van der Waals surface area contributed by atoms with Crippen molar-refractivity contribution in [2.24, 2.45) is 5.92 Å². The number of halogens is 1. The second-order valence-corrected chi connectivity index (χ2v) is 11.4. The molecule has 5 heterocycles. The summed E-state index contributed by atoms with van der Waals surface area (Å²) in [4.78, 5) is 31.6. The lowest BCUT2D eigenvalue weighted by Gasteiger charge is -2.24. The van der Waals surface area contributed by atoms with Crippen LogP contribution < -0.4 is 10.1 Å². The maximum Gasteiger partial charge on any atom is 0.227 e. The number of H-pyrrole nitrogens is 2. The fourth-order valence-corrected chi connectivity index (χ4v) is 5.37. The van der Waals surface area contributed by atoms with Gasteiger partial charge in [-0.15, -0.1) is 0 Å². The number of ether oxygens (including phenoxy) is 1. The summed E-state index contributed by atoms with van der Waals surface area (Å²) < 4.78 is 20.5. The Kier molecular flexibility index (Phi) is 7.23. The van der Waals surface area contributed by atoms with Gasteiger partial charge in [-0.3, -0.25) is 19.9 Å². The van der Waals surface area contributed by atoms with Crippen LogP contribution in [0.15, 0.2) is 67.3 Å². The number of benzene rings is 1. The zero-order chi connectivity index (χ0) is 30.2. The third-order valence-electron chi connectivity index (χ3n) is 7.98. The molecule has 3 N–H and O–H groups in total. The van der Waals surface area contributed by atoms with Gasteiger partial charge in [-0.25, -0.2) is 9.37 Å². The number of amides is 1. The Balaban J connectivity index is 1.21. The van der Waals surface area contributed by atoms with Gasteiger partial charge in [0.2, 0.25) is 5.91 Å². The van der Waals surface area contributed by atoms with Crippen LogP contribution in [0.3, 0.4) is 0 Å². The van der Waals surface area contributed by atoms with E-state index < -0.39 is 0 Å². The number of carbonyl (C=O) groups is 1. The predicted octanol–water partition coefficient (Wildman–Crippen LogP) is 6.05. The van der Waals surface area contributed by atoms with Crippen LogP contribution >= 0.6 is 0 Å². The maximum atomic E-state index is 14.7. The van der Waals surface area contributed by atoms with Gasteiger partial charge in [0.15, 0.2) is 0 Å². The molecule has 5 aromatic heterocycles. The molecule has 1 fully saturated rings. The SMILES string of the molecule is CN(C)CCOc1cc(F)cc(-c2cncc3[nH]c(-c4n[nH]c5ccc(-c6cncc(NC(=O)C7CCC7)c6)nc45)cc23)c1. The number of carbonyl (C=O) groups excluding carboxylic acids is 1. The van der Waals surface area contributed by atoms with E-state index in [0.717, 1.165) is 59.0 Å². The van der Waals surface area contributed by atoms with Crippen LogP contribution in [0, 0.1) is 11.7 Å². The van der Waals surface area contributed by atoms with E-state index >= 15 is 0 Å². The number of aromatic nitrogens is 6. The van der Waals surface area contributed by atoms with Gasteiger partial charge < -0.3 is 19.9 Å². The number of hydrogen-bond acceptors (Lipinski definition) is 7. The lowest BCUT2D eigenvalue weighted by Crippen LogP contribution is -2.28. The van der Waals surface area contributed by atoms with Gasteiger partial charge in [0.25, 0.3) is 0 Å². The van der Waals surface area contributed by atoms with Crippen molar-refractivity contribution in [1.29, 1.82) is 0 Å². The number of pyridine rings is 3. The minimum atomic E-state index is -0.383. The Hall–Kier alpha value is -5.16. The number of likely N-dealkylation sites (N-methyl/N-ethyl adjacent to an activating group) is 1. The first kappa shape index (κ1) is 27.7. The molecule has 1 aliphatic carbocycles. The average molecular weight is 591 g/mol. The van der Waals surface area contributed by atoms with Gasteiger partial charge in [-0.2, -0.15) is 5.10 Å². The molecule has 1 saturated carbocycles. The van der Waals surface area contributed by atoms with Gasteiger partial charge in [0.1, 0.15) is 29.4 Å². The van der Waals surface area contributed by atoms with E-state index in [4.69, 9.17) is 9.72 Å². The maximum absolute atomic E-state index is 14.7. The Labute approximate surface area is 252 Å². The number of aromatic amines is 2. The lowest BCUT2D eigenvalue weighted by molar-refractivity contribution is -0.122. The van der Waals surface area contributed by atoms with E-state index in [-0.39, 0.29) is 17.6 Å². The molecule has 10 nitrogen and oxygen atoms in total. The van der Waals surface area contributed by atoms with Crippen molar-refractivity contribution in [1.82, 2.24) is 35.0 Å². The molecule has 1 amide bonds. The molecule has 7 rings (SSSR count). The first-order chi connectivity index (χ1) is 21.4. The molecule has 1 aromatic carbocycles. The third kappa shape index (κ3) is 5.49. The monoisotopic (exact) mass is 590 g/mol. The average Bonchev–Trinajstić information content (AvgIpc) is 3.59. The van der Waals surface area contributed by atoms with Crippen molar-refractivity contribution in [3.05, 3.63) is 73.1 Å². The van der Waals surface area contributed by atoms with Crippen molar-refractivity contribution in [3.63, 3.8) is 0 Å². The Morgan fingerprint density at radius 3 is 2.70 bits per heavy atom. The van der Waals surface area contributed by atoms with E-state index in [1.54, 1.807) is 24.8 Å². The summed E-state index contributed by atoms with van der Waals surface area (Å²) in [7, 11) is 3.92. The smallest absolute Gasteiger partial charge is 0.227 e. The first-order valence-electron chi connectivity index (χ1n) is 14.6. The number of anilines is 1. The topological polar surface area (TPSA) is 125 Å². The zero-order valence-electron chi connectivity index (χ0n) is 24.4. The van der Waals surface area contributed by atoms with Crippen molar-refractivity contribution in [2.75, 3.05) is 32.6 Å². The lowest BCUT2D eigenvalue weighted by atomic mass is 9.85. The minimum Gasteiger partial charge on any atom is -0.492 e. The van der Waals surface area contributed by atoms with Crippen LogP contribution in [-0.2, 0) is 4.79 Å². The molecule has 6 aromatic rings. The molecule has 0 atom stereocenters. The number of fused-ring (bicyclic) bond motifs is 2. The van der Waals surface area contributed by atoms with Gasteiger partial charge in [-0.1, -0.05) is 6.42 Å². The number of hydrogen-bond donors (Lipinski definition) is 3. The van der Waals surface area contributed by atoms with Gasteiger partial charge >= 0.3 is 0 Å². The standard InChI is InChI=1S/C33H31FN8O2/c1-42(2)8-9-44-24-12-20(10-22(34)13-24)26-17-36-18-30-25(26)14-29(38-30)32-31-28(40-41-32)7-6-27(39-31)21-11-23(16-35-15-21)37-33(43)19-4-3-5-19/h6-7,10-19,38H,3-5,8-9H2,1-2H3,(H,37,43)(H,40,41). The molecule has 0 saturated heterocycles. The zero-order valence-corrected chi connectivity index (χ0v) is 24.4. The van der Waals surface area contributed by atoms with Crippen LogP contribution in [0.25, 0.3) is 55.7 Å². The minimum absolute atomic E-state index is 0.0368. The summed E-state index contributed by atoms with van der Waals surface area (Å²) in [5.41, 5.74) is 7.16. The number of nitrogens with one attached hydrogen (secondary N) is 3. The van der Waals surface area contributed by atoms with Crippen LogP contribution in [0.4, 0.5) is 10.1 Å². The number of rotatable bonds is 9. The second-order valence-electron chi connectivity index (χ2n) is 11.4. The molecule has 0 aliphatic heterocycles. The Morgan fingerprint density at radius 2 is 1.89 bits per heavy atom. The quantitative estimate of drug-likeness (QED) is 0.187. The molecule has 0 bridgehead atoms. The molecule has 0 spiro atoms. The van der Waals surface area contributed by atoms with E-state index in [9.17, 15) is 9.18 Å². The third-order valence-corrected chi connectivity index (χ3v) is 7.98. The summed E-state index contributed by atoms with van der Waals surface area (Å²) in [6.07, 6.45) is 9.79. The Morgan fingerprint density at radius 1 is 1.02 bits per heavy atom. The molecule has 0 unspecified atom stereocenters. The predicted molar refractivity (Wildman–Crippen MR) is 168 cm³/mol. The first-order valence-corrected chi connectivity index (χ1v) is 14.6. The highest BCUT2D eigenvalue weighted by Crippen LogP contribution is 2.35. The molecular weight excluding hydrogens is 559 g/mol. The fourth-order valence-electron chi connectivity index (χ4n) is 5.37. The van der Waals surface area contributed by atoms with E-state index in [1.165, 1.54) is 12.1 Å². The summed E-state index contributed by atoms with van der Waals surface area (Å²) in [5.74, 6) is 0.199. The molecule has 0 radical (unpaired) electrons. The van der Waals surface area contributed by atoms with E-state index in [0.29, 0.717) is 40.5 Å². The van der Waals surface area contributed by atoms with Crippen molar-refractivity contribution < 1.29 is 13.9 Å². The van der Waals surface area contributed by atoms with Gasteiger partial charge in [0, 0.05) is 47.4 Å². The molecule has 222 valence electrons. The van der Waals surface area contributed by atoms with Gasteiger partial charge in [-0.05, 0) is 68.9 Å². The summed E-state index contributed by atoms with van der Waals surface area (Å²) in [6.45, 7) is 1.17. The largest absolute Gasteiger partial charge is 0.492 e. The Bertz CT molecular complexity index is 2000. The van der Waals surface area contributed by atoms with Crippen LogP contribution in [0.1, 0.15) is 19.3 Å². The second kappa shape index (κ2) is 11.5. The van der Waals surface area contributed by atoms with Gasteiger partial charge in [0.05, 0.1) is 40.5 Å². The highest BCUT2D eigenvalue weighted by atomic mass is 19.1. The molecule has 1 aliphatic rings. The molecule has 11 heteroatoms. The van der Waals surface area contributed by atoms with E-state index in [1.807, 2.05) is 49.3 Å². The van der Waals surface area contributed by atoms with Crippen molar-refractivity contribution in [3.8, 4) is 39.5 Å². The van der Waals surface area contributed by atoms with Crippen LogP contribution in [-0.4, -0.2) is 68.2 Å². The fraction of sp³-hybridized carbons (Fsp3) is 0.242. The molecular formula is C33H31FN8O2. The highest BCUT2D eigenvalue weighted by Gasteiger charge is 2.25. The summed E-state index contributed by atoms with van der Waals surface area (Å²) in [5, 5.41) is 11.5. The summed E-state index contributed by atoms with van der Waals surface area (Å²) >= 11 is 0. The normalized spacial score (nSPS) is 13.5. The summed E-state index contributed by atoms with van der Waals surface area (Å²) in [6, 6.07) is 12.4. The molecule has 44 heavy (non-hydrogen) atoms.